The lowest BCUT2D eigenvalue weighted by Gasteiger charge is -2.62. The number of carbonyl (C=O) groups is 1. The zero-order valence-corrected chi connectivity index (χ0v) is 18.4. The number of hydrazone groups is 1. The van der Waals surface area contributed by atoms with Crippen LogP contribution in [0.5, 0.6) is 5.75 Å². The van der Waals surface area contributed by atoms with Crippen molar-refractivity contribution in [2.45, 2.75) is 56.4 Å². The highest BCUT2D eigenvalue weighted by atomic mass is 16.5. The van der Waals surface area contributed by atoms with Gasteiger partial charge in [-0.25, -0.2) is 10.2 Å². The van der Waals surface area contributed by atoms with Crippen molar-refractivity contribution in [1.29, 1.82) is 0 Å². The van der Waals surface area contributed by atoms with E-state index in [-0.39, 0.29) is 17.0 Å². The third-order valence-electron chi connectivity index (χ3n) is 7.60. The molecule has 2 amide bonds. The highest BCUT2D eigenvalue weighted by Crippen LogP contribution is 2.62. The van der Waals surface area contributed by atoms with Crippen LogP contribution >= 0.6 is 0 Å². The lowest BCUT2D eigenvalue weighted by atomic mass is 9.45. The second kappa shape index (κ2) is 7.70. The standard InChI is InChI=1S/C26H31N3O2/c1-18-3-7-22(8-4-18)25-12-20-11-21(13-25)15-26(14-20,17-25)28-24(30)29-27-16-19-5-9-23(31-2)10-6-19/h3-10,16,20-21H,11-15,17H2,1-2H3,(H2,28,29,30)/b27-16+. The van der Waals surface area contributed by atoms with Gasteiger partial charge in [-0.3, -0.25) is 0 Å². The molecule has 4 saturated carbocycles. The first-order chi connectivity index (χ1) is 15.0. The summed E-state index contributed by atoms with van der Waals surface area (Å²) in [5, 5.41) is 7.50. The molecule has 2 atom stereocenters. The van der Waals surface area contributed by atoms with Gasteiger partial charge < -0.3 is 10.1 Å². The molecule has 4 fully saturated rings. The third kappa shape index (κ3) is 3.93. The Labute approximate surface area is 184 Å². The van der Waals surface area contributed by atoms with Crippen LogP contribution in [-0.2, 0) is 5.41 Å². The maximum absolute atomic E-state index is 12.7. The Hall–Kier alpha value is -2.82. The van der Waals surface area contributed by atoms with Gasteiger partial charge in [-0.15, -0.1) is 0 Å². The van der Waals surface area contributed by atoms with Crippen molar-refractivity contribution in [2.75, 3.05) is 7.11 Å². The molecule has 4 bridgehead atoms. The molecule has 0 heterocycles. The zero-order valence-electron chi connectivity index (χ0n) is 18.4. The van der Waals surface area contributed by atoms with Crippen LogP contribution in [0.25, 0.3) is 0 Å². The molecule has 5 nitrogen and oxygen atoms in total. The maximum Gasteiger partial charge on any atom is 0.335 e. The second-order valence-corrected chi connectivity index (χ2v) is 9.98. The number of nitrogens with zero attached hydrogens (tertiary/aromatic N) is 1. The van der Waals surface area contributed by atoms with Gasteiger partial charge in [0.15, 0.2) is 0 Å². The van der Waals surface area contributed by atoms with Crippen molar-refractivity contribution >= 4 is 12.2 Å². The molecule has 0 saturated heterocycles. The molecular weight excluding hydrogens is 386 g/mol. The number of carbonyl (C=O) groups excluding carboxylic acids is 1. The molecule has 162 valence electrons. The number of aryl methyl sites for hydroxylation is 1. The van der Waals surface area contributed by atoms with E-state index >= 15 is 0 Å². The molecule has 0 aliphatic heterocycles. The normalized spacial score (nSPS) is 31.0. The Morgan fingerprint density at radius 3 is 2.35 bits per heavy atom. The first-order valence-corrected chi connectivity index (χ1v) is 11.3. The van der Waals surface area contributed by atoms with Gasteiger partial charge in [0.25, 0.3) is 0 Å². The van der Waals surface area contributed by atoms with E-state index in [1.807, 2.05) is 24.3 Å². The van der Waals surface area contributed by atoms with E-state index in [1.165, 1.54) is 30.4 Å². The van der Waals surface area contributed by atoms with Gasteiger partial charge in [-0.1, -0.05) is 29.8 Å². The number of hydrogen-bond donors (Lipinski definition) is 2. The average Bonchev–Trinajstić information content (AvgIpc) is 2.73. The van der Waals surface area contributed by atoms with Gasteiger partial charge in [0.05, 0.1) is 13.3 Å². The number of nitrogens with one attached hydrogen (secondary N) is 2. The van der Waals surface area contributed by atoms with E-state index < -0.39 is 0 Å². The molecule has 0 spiro atoms. The Bertz CT molecular complexity index is 967. The van der Waals surface area contributed by atoms with Crippen LogP contribution in [0.15, 0.2) is 53.6 Å². The number of amides is 2. The predicted octanol–water partition coefficient (Wildman–Crippen LogP) is 4.93. The van der Waals surface area contributed by atoms with Crippen molar-refractivity contribution < 1.29 is 9.53 Å². The van der Waals surface area contributed by atoms with Crippen LogP contribution in [-0.4, -0.2) is 24.9 Å². The molecule has 4 aliphatic rings. The SMILES string of the molecule is COc1ccc(/C=N/NC(=O)NC23CC4CC(C2)CC(c2ccc(C)cc2)(C4)C3)cc1. The fourth-order valence-corrected chi connectivity index (χ4v) is 6.78. The summed E-state index contributed by atoms with van der Waals surface area (Å²) in [6.07, 6.45) is 8.70. The van der Waals surface area contributed by atoms with Crippen LogP contribution in [0, 0.1) is 18.8 Å². The summed E-state index contributed by atoms with van der Waals surface area (Å²) in [6.45, 7) is 2.14. The molecule has 2 aromatic rings. The summed E-state index contributed by atoms with van der Waals surface area (Å²) < 4.78 is 5.17. The van der Waals surface area contributed by atoms with Gasteiger partial charge in [0, 0.05) is 5.54 Å². The van der Waals surface area contributed by atoms with E-state index in [0.717, 1.165) is 30.6 Å². The molecule has 2 N–H and O–H groups in total. The van der Waals surface area contributed by atoms with Crippen molar-refractivity contribution in [1.82, 2.24) is 10.7 Å². The fourth-order valence-electron chi connectivity index (χ4n) is 6.78. The lowest BCUT2D eigenvalue weighted by Crippen LogP contribution is -2.65. The lowest BCUT2D eigenvalue weighted by molar-refractivity contribution is -0.0349. The molecule has 6 rings (SSSR count). The minimum Gasteiger partial charge on any atom is -0.497 e. The Kier molecular flexibility index (Phi) is 4.99. The molecular formula is C26H31N3O2. The summed E-state index contributed by atoms with van der Waals surface area (Å²) in [6, 6.07) is 16.5. The molecule has 0 aromatic heterocycles. The van der Waals surface area contributed by atoms with Crippen LogP contribution in [0.2, 0.25) is 0 Å². The minimum atomic E-state index is -0.203. The zero-order chi connectivity index (χ0) is 21.5. The summed E-state index contributed by atoms with van der Waals surface area (Å²) in [5.41, 5.74) is 6.44. The number of methoxy groups -OCH3 is 1. The highest BCUT2D eigenvalue weighted by molar-refractivity contribution is 5.82. The number of rotatable bonds is 5. The molecule has 4 aliphatic carbocycles. The topological polar surface area (TPSA) is 62.7 Å². The smallest absolute Gasteiger partial charge is 0.335 e. The van der Waals surface area contributed by atoms with Crippen molar-refractivity contribution in [2.24, 2.45) is 16.9 Å². The van der Waals surface area contributed by atoms with E-state index in [9.17, 15) is 4.79 Å². The highest BCUT2D eigenvalue weighted by Gasteiger charge is 2.58. The third-order valence-corrected chi connectivity index (χ3v) is 7.60. The van der Waals surface area contributed by atoms with Crippen LogP contribution < -0.4 is 15.5 Å². The first-order valence-electron chi connectivity index (χ1n) is 11.3. The fraction of sp³-hybridized carbons (Fsp3) is 0.462. The Morgan fingerprint density at radius 1 is 1.03 bits per heavy atom. The molecule has 5 heteroatoms. The van der Waals surface area contributed by atoms with Gasteiger partial charge in [0.1, 0.15) is 5.75 Å². The van der Waals surface area contributed by atoms with Gasteiger partial charge in [-0.2, -0.15) is 5.10 Å². The predicted molar refractivity (Wildman–Crippen MR) is 123 cm³/mol. The first kappa shape index (κ1) is 20.1. The van der Waals surface area contributed by atoms with Gasteiger partial charge in [-0.05, 0) is 98.1 Å². The van der Waals surface area contributed by atoms with Crippen LogP contribution in [0.4, 0.5) is 4.79 Å². The summed E-state index contributed by atoms with van der Waals surface area (Å²) in [5.74, 6) is 2.20. The van der Waals surface area contributed by atoms with E-state index in [4.69, 9.17) is 4.74 Å². The van der Waals surface area contributed by atoms with Crippen molar-refractivity contribution in [3.8, 4) is 5.75 Å². The minimum absolute atomic E-state index is 0.116. The van der Waals surface area contributed by atoms with Crippen molar-refractivity contribution in [3.63, 3.8) is 0 Å². The number of ether oxygens (including phenoxy) is 1. The quantitative estimate of drug-likeness (QED) is 0.535. The second-order valence-electron chi connectivity index (χ2n) is 9.98. The molecule has 0 radical (unpaired) electrons. The Morgan fingerprint density at radius 2 is 1.71 bits per heavy atom. The Balaban J connectivity index is 1.28. The van der Waals surface area contributed by atoms with Gasteiger partial charge in [0.2, 0.25) is 0 Å². The number of hydrogen-bond acceptors (Lipinski definition) is 3. The number of urea groups is 1. The van der Waals surface area contributed by atoms with E-state index in [1.54, 1.807) is 13.3 Å². The van der Waals surface area contributed by atoms with Crippen LogP contribution in [0.1, 0.15) is 55.2 Å². The summed E-state index contributed by atoms with van der Waals surface area (Å²) in [4.78, 5) is 12.7. The largest absolute Gasteiger partial charge is 0.497 e. The average molecular weight is 418 g/mol. The van der Waals surface area contributed by atoms with E-state index in [0.29, 0.717) is 11.8 Å². The summed E-state index contributed by atoms with van der Waals surface area (Å²) in [7, 11) is 1.64. The van der Waals surface area contributed by atoms with Crippen LogP contribution in [0.3, 0.4) is 0 Å². The number of benzene rings is 2. The monoisotopic (exact) mass is 417 g/mol. The summed E-state index contributed by atoms with van der Waals surface area (Å²) >= 11 is 0. The molecule has 2 aromatic carbocycles. The van der Waals surface area contributed by atoms with Crippen molar-refractivity contribution in [3.05, 3.63) is 65.2 Å². The maximum atomic E-state index is 12.7. The van der Waals surface area contributed by atoms with Gasteiger partial charge >= 0.3 is 6.03 Å². The van der Waals surface area contributed by atoms with E-state index in [2.05, 4.69) is 47.0 Å². The molecule has 31 heavy (non-hydrogen) atoms. The molecule has 2 unspecified atom stereocenters.